The number of amides is 1. The summed E-state index contributed by atoms with van der Waals surface area (Å²) >= 11 is 0. The van der Waals surface area contributed by atoms with E-state index in [4.69, 9.17) is 9.47 Å². The maximum absolute atomic E-state index is 12.6. The van der Waals surface area contributed by atoms with Crippen LogP contribution in [0.2, 0.25) is 0 Å². The van der Waals surface area contributed by atoms with Crippen molar-refractivity contribution in [2.45, 2.75) is 25.8 Å². The first-order valence-electron chi connectivity index (χ1n) is 8.73. The third-order valence-electron chi connectivity index (χ3n) is 4.89. The number of benzene rings is 2. The van der Waals surface area contributed by atoms with Gasteiger partial charge in [-0.25, -0.2) is 4.79 Å². The molecule has 0 bridgehead atoms. The molecule has 0 saturated carbocycles. The quantitative estimate of drug-likeness (QED) is 0.785. The average molecular weight is 353 g/mol. The summed E-state index contributed by atoms with van der Waals surface area (Å²) in [6.45, 7) is 2.92. The van der Waals surface area contributed by atoms with E-state index in [0.717, 1.165) is 30.5 Å². The monoisotopic (exact) mass is 353 g/mol. The Labute approximate surface area is 153 Å². The molecule has 1 heterocycles. The molecule has 0 radical (unpaired) electrons. The number of likely N-dealkylation sites (tertiary alicyclic amines) is 1. The first-order chi connectivity index (χ1) is 12.5. The number of ether oxygens (including phenoxy) is 2. The number of hydrogen-bond acceptors (Lipinski definition) is 4. The second-order valence-corrected chi connectivity index (χ2v) is 6.47. The number of rotatable bonds is 4. The Balaban J connectivity index is 1.84. The molecule has 0 aromatic heterocycles. The van der Waals surface area contributed by atoms with E-state index in [1.54, 1.807) is 12.1 Å². The summed E-state index contributed by atoms with van der Waals surface area (Å²) in [6, 6.07) is 13.2. The summed E-state index contributed by atoms with van der Waals surface area (Å²) in [5.41, 5.74) is 2.93. The summed E-state index contributed by atoms with van der Waals surface area (Å²) in [5, 5.41) is 0. The molecule has 1 atom stereocenters. The number of hydrogen-bond donors (Lipinski definition) is 0. The molecule has 5 nitrogen and oxygen atoms in total. The van der Waals surface area contributed by atoms with E-state index in [-0.39, 0.29) is 5.91 Å². The highest BCUT2D eigenvalue weighted by Crippen LogP contribution is 2.28. The lowest BCUT2D eigenvalue weighted by Crippen LogP contribution is -2.33. The van der Waals surface area contributed by atoms with Crippen molar-refractivity contribution in [3.63, 3.8) is 0 Å². The summed E-state index contributed by atoms with van der Waals surface area (Å²) in [4.78, 5) is 26.3. The molecule has 26 heavy (non-hydrogen) atoms. The van der Waals surface area contributed by atoms with E-state index in [9.17, 15) is 9.59 Å². The van der Waals surface area contributed by atoms with Crippen molar-refractivity contribution >= 4 is 11.9 Å². The molecule has 2 aromatic rings. The van der Waals surface area contributed by atoms with Crippen LogP contribution in [-0.4, -0.2) is 43.6 Å². The zero-order valence-corrected chi connectivity index (χ0v) is 15.3. The van der Waals surface area contributed by atoms with Crippen molar-refractivity contribution in [1.82, 2.24) is 4.90 Å². The highest BCUT2D eigenvalue weighted by atomic mass is 16.5. The fourth-order valence-corrected chi connectivity index (χ4v) is 3.36. The molecule has 1 fully saturated rings. The van der Waals surface area contributed by atoms with Crippen LogP contribution in [0.1, 0.15) is 40.5 Å². The smallest absolute Gasteiger partial charge is 0.341 e. The molecule has 0 unspecified atom stereocenters. The lowest BCUT2D eigenvalue weighted by atomic mass is 10.0. The maximum atomic E-state index is 12.6. The zero-order valence-electron chi connectivity index (χ0n) is 15.3. The number of carbonyl (C=O) groups is 2. The number of methoxy groups -OCH3 is 2. The van der Waals surface area contributed by atoms with Gasteiger partial charge in [-0.05, 0) is 55.2 Å². The Kier molecular flexibility index (Phi) is 5.26. The van der Waals surface area contributed by atoms with Gasteiger partial charge in [0.05, 0.1) is 14.2 Å². The number of esters is 1. The SMILES string of the molecule is COC(=O)c1ccc(-c2ccc(C(=O)N3CCC[C@H]3C)cc2)cc1OC. The van der Waals surface area contributed by atoms with Crippen LogP contribution in [0.3, 0.4) is 0 Å². The molecule has 0 spiro atoms. The molecule has 1 aliphatic rings. The fraction of sp³-hybridized carbons (Fsp3) is 0.333. The molecule has 1 aliphatic heterocycles. The summed E-state index contributed by atoms with van der Waals surface area (Å²) in [6.07, 6.45) is 2.13. The minimum atomic E-state index is -0.436. The van der Waals surface area contributed by atoms with Crippen LogP contribution in [0.15, 0.2) is 42.5 Å². The normalized spacial score (nSPS) is 16.4. The van der Waals surface area contributed by atoms with Gasteiger partial charge in [0.15, 0.2) is 0 Å². The van der Waals surface area contributed by atoms with Crippen LogP contribution >= 0.6 is 0 Å². The van der Waals surface area contributed by atoms with E-state index >= 15 is 0 Å². The second kappa shape index (κ2) is 7.60. The molecular weight excluding hydrogens is 330 g/mol. The highest BCUT2D eigenvalue weighted by molar-refractivity contribution is 5.95. The standard InChI is InChI=1S/C21H23NO4/c1-14-5-4-12-22(14)20(23)16-8-6-15(7-9-16)17-10-11-18(21(24)26-3)19(13-17)25-2/h6-11,13-14H,4-5,12H2,1-3H3/t14-/m1/s1. The van der Waals surface area contributed by atoms with Gasteiger partial charge < -0.3 is 14.4 Å². The maximum Gasteiger partial charge on any atom is 0.341 e. The van der Waals surface area contributed by atoms with Gasteiger partial charge in [-0.1, -0.05) is 18.2 Å². The second-order valence-electron chi connectivity index (χ2n) is 6.47. The molecule has 1 amide bonds. The van der Waals surface area contributed by atoms with Crippen LogP contribution < -0.4 is 4.74 Å². The zero-order chi connectivity index (χ0) is 18.7. The fourth-order valence-electron chi connectivity index (χ4n) is 3.36. The van der Waals surface area contributed by atoms with E-state index in [1.165, 1.54) is 14.2 Å². The number of nitrogens with zero attached hydrogens (tertiary/aromatic N) is 1. The van der Waals surface area contributed by atoms with Crippen molar-refractivity contribution in [2.24, 2.45) is 0 Å². The van der Waals surface area contributed by atoms with Gasteiger partial charge in [-0.15, -0.1) is 0 Å². The average Bonchev–Trinajstić information content (AvgIpc) is 3.12. The molecule has 1 saturated heterocycles. The van der Waals surface area contributed by atoms with Gasteiger partial charge in [0.25, 0.3) is 5.91 Å². The Morgan fingerprint density at radius 3 is 2.31 bits per heavy atom. The molecule has 5 heteroatoms. The Bertz CT molecular complexity index is 813. The topological polar surface area (TPSA) is 55.8 Å². The first kappa shape index (κ1) is 18.0. The van der Waals surface area contributed by atoms with Gasteiger partial charge in [0.1, 0.15) is 11.3 Å². The van der Waals surface area contributed by atoms with Gasteiger partial charge in [-0.2, -0.15) is 0 Å². The van der Waals surface area contributed by atoms with Gasteiger partial charge in [-0.3, -0.25) is 4.79 Å². The summed E-state index contributed by atoms with van der Waals surface area (Å²) in [7, 11) is 2.86. The van der Waals surface area contributed by atoms with Crippen molar-refractivity contribution in [1.29, 1.82) is 0 Å². The minimum absolute atomic E-state index is 0.0835. The van der Waals surface area contributed by atoms with Crippen molar-refractivity contribution in [3.8, 4) is 16.9 Å². The van der Waals surface area contributed by atoms with E-state index in [1.807, 2.05) is 35.2 Å². The number of carbonyl (C=O) groups excluding carboxylic acids is 2. The van der Waals surface area contributed by atoms with Crippen LogP contribution in [0.25, 0.3) is 11.1 Å². The van der Waals surface area contributed by atoms with E-state index in [2.05, 4.69) is 6.92 Å². The first-order valence-corrected chi connectivity index (χ1v) is 8.73. The molecule has 0 N–H and O–H groups in total. The van der Waals surface area contributed by atoms with Crippen LogP contribution in [0.4, 0.5) is 0 Å². The Hall–Kier alpha value is -2.82. The van der Waals surface area contributed by atoms with E-state index in [0.29, 0.717) is 22.9 Å². The summed E-state index contributed by atoms with van der Waals surface area (Å²) < 4.78 is 10.1. The molecular formula is C21H23NO4. The molecule has 2 aromatic carbocycles. The van der Waals surface area contributed by atoms with Gasteiger partial charge in [0.2, 0.25) is 0 Å². The largest absolute Gasteiger partial charge is 0.496 e. The summed E-state index contributed by atoms with van der Waals surface area (Å²) in [5.74, 6) is 0.106. The van der Waals surface area contributed by atoms with Gasteiger partial charge in [0, 0.05) is 18.2 Å². The van der Waals surface area contributed by atoms with Crippen molar-refractivity contribution in [3.05, 3.63) is 53.6 Å². The van der Waals surface area contributed by atoms with Crippen LogP contribution in [-0.2, 0) is 4.74 Å². The third-order valence-corrected chi connectivity index (χ3v) is 4.89. The van der Waals surface area contributed by atoms with Crippen molar-refractivity contribution in [2.75, 3.05) is 20.8 Å². The van der Waals surface area contributed by atoms with Gasteiger partial charge >= 0.3 is 5.97 Å². The molecule has 0 aliphatic carbocycles. The van der Waals surface area contributed by atoms with Crippen LogP contribution in [0.5, 0.6) is 5.75 Å². The van der Waals surface area contributed by atoms with E-state index < -0.39 is 5.97 Å². The predicted molar refractivity (Wildman–Crippen MR) is 99.5 cm³/mol. The molecule has 136 valence electrons. The van der Waals surface area contributed by atoms with Crippen LogP contribution in [0, 0.1) is 0 Å². The third kappa shape index (κ3) is 3.43. The lowest BCUT2D eigenvalue weighted by Gasteiger charge is -2.21. The highest BCUT2D eigenvalue weighted by Gasteiger charge is 2.25. The van der Waals surface area contributed by atoms with Crippen molar-refractivity contribution < 1.29 is 19.1 Å². The predicted octanol–water partition coefficient (Wildman–Crippen LogP) is 3.77. The lowest BCUT2D eigenvalue weighted by molar-refractivity contribution is 0.0596. The Morgan fingerprint density at radius 1 is 1.04 bits per heavy atom. The Morgan fingerprint density at radius 2 is 1.73 bits per heavy atom. The minimum Gasteiger partial charge on any atom is -0.496 e. The molecule has 3 rings (SSSR count).